The third-order valence-electron chi connectivity index (χ3n) is 3.08. The maximum Gasteiger partial charge on any atom is 0.171 e. The van der Waals surface area contributed by atoms with Gasteiger partial charge in [0.2, 0.25) is 0 Å². The number of halogens is 2. The average Bonchev–Trinajstić information content (AvgIpc) is 2.88. The minimum absolute atomic E-state index is 0.167. The number of hydrogen-bond donors (Lipinski definition) is 2. The Morgan fingerprint density at radius 2 is 2.26 bits per heavy atom. The predicted octanol–water partition coefficient (Wildman–Crippen LogP) is 3.85. The first-order chi connectivity index (χ1) is 9.08. The van der Waals surface area contributed by atoms with E-state index in [1.54, 1.807) is 6.07 Å². The van der Waals surface area contributed by atoms with Gasteiger partial charge in [0.1, 0.15) is 0 Å². The fourth-order valence-electron chi connectivity index (χ4n) is 2.06. The zero-order valence-corrected chi connectivity index (χ0v) is 12.9. The van der Waals surface area contributed by atoms with Gasteiger partial charge in [-0.1, -0.05) is 29.3 Å². The number of thiocarbonyl (C=S) groups is 1. The molecule has 1 aliphatic rings. The standard InChI is InChI=1S/C13H16Cl2N2OS/c1-8(11-6-3-7-18-11)16-13(19)17-10-5-2-4-9(14)12(10)15/h2,4-5,8,11H,3,6-7H2,1H3,(H2,16,17,19). The lowest BCUT2D eigenvalue weighted by Crippen LogP contribution is -2.42. The van der Waals surface area contributed by atoms with Crippen molar-refractivity contribution in [1.82, 2.24) is 5.32 Å². The number of hydrogen-bond acceptors (Lipinski definition) is 2. The van der Waals surface area contributed by atoms with Gasteiger partial charge in [-0.25, -0.2) is 0 Å². The highest BCUT2D eigenvalue weighted by Crippen LogP contribution is 2.29. The second-order valence-electron chi connectivity index (χ2n) is 4.54. The van der Waals surface area contributed by atoms with Crippen molar-refractivity contribution in [3.63, 3.8) is 0 Å². The van der Waals surface area contributed by atoms with E-state index in [9.17, 15) is 0 Å². The molecule has 1 fully saturated rings. The van der Waals surface area contributed by atoms with Crippen molar-refractivity contribution >= 4 is 46.2 Å². The lowest BCUT2D eigenvalue weighted by Gasteiger charge is -2.22. The second kappa shape index (κ2) is 6.75. The largest absolute Gasteiger partial charge is 0.376 e. The molecule has 1 aromatic rings. The van der Waals surface area contributed by atoms with Crippen LogP contribution in [-0.4, -0.2) is 23.9 Å². The molecular formula is C13H16Cl2N2OS. The van der Waals surface area contributed by atoms with Gasteiger partial charge in [0.25, 0.3) is 0 Å². The number of benzene rings is 1. The molecule has 1 saturated heterocycles. The molecule has 0 bridgehead atoms. The summed E-state index contributed by atoms with van der Waals surface area (Å²) in [7, 11) is 0. The fourth-order valence-corrected chi connectivity index (χ4v) is 2.70. The van der Waals surface area contributed by atoms with Gasteiger partial charge in [-0.3, -0.25) is 0 Å². The molecule has 2 unspecified atom stereocenters. The van der Waals surface area contributed by atoms with Crippen molar-refractivity contribution in [3.8, 4) is 0 Å². The highest BCUT2D eigenvalue weighted by molar-refractivity contribution is 7.80. The third kappa shape index (κ3) is 3.96. The van der Waals surface area contributed by atoms with Gasteiger partial charge in [0.05, 0.1) is 27.9 Å². The summed E-state index contributed by atoms with van der Waals surface area (Å²) in [5.41, 5.74) is 0.700. The Morgan fingerprint density at radius 1 is 1.47 bits per heavy atom. The first-order valence-corrected chi connectivity index (χ1v) is 7.37. The van der Waals surface area contributed by atoms with Crippen molar-refractivity contribution in [2.24, 2.45) is 0 Å². The summed E-state index contributed by atoms with van der Waals surface area (Å²) in [6.45, 7) is 2.89. The Kier molecular flexibility index (Phi) is 5.28. The molecule has 1 heterocycles. The summed E-state index contributed by atoms with van der Waals surface area (Å²) >= 11 is 17.3. The molecule has 104 valence electrons. The van der Waals surface area contributed by atoms with E-state index in [0.717, 1.165) is 19.4 Å². The molecule has 1 aromatic carbocycles. The first-order valence-electron chi connectivity index (χ1n) is 6.21. The quantitative estimate of drug-likeness (QED) is 0.829. The fraction of sp³-hybridized carbons (Fsp3) is 0.462. The Hall–Kier alpha value is -0.550. The normalized spacial score (nSPS) is 20.1. The van der Waals surface area contributed by atoms with Crippen molar-refractivity contribution < 1.29 is 4.74 Å². The van der Waals surface area contributed by atoms with E-state index in [0.29, 0.717) is 20.8 Å². The zero-order valence-electron chi connectivity index (χ0n) is 10.6. The van der Waals surface area contributed by atoms with E-state index < -0.39 is 0 Å². The van der Waals surface area contributed by atoms with Gasteiger partial charge in [-0.15, -0.1) is 0 Å². The van der Waals surface area contributed by atoms with Crippen LogP contribution in [0.1, 0.15) is 19.8 Å². The molecule has 2 rings (SSSR count). The van der Waals surface area contributed by atoms with Gasteiger partial charge in [0.15, 0.2) is 5.11 Å². The molecular weight excluding hydrogens is 303 g/mol. The molecule has 1 aliphatic heterocycles. The van der Waals surface area contributed by atoms with Gasteiger partial charge in [-0.05, 0) is 44.1 Å². The van der Waals surface area contributed by atoms with Crippen molar-refractivity contribution in [3.05, 3.63) is 28.2 Å². The Labute approximate surface area is 128 Å². The van der Waals surface area contributed by atoms with E-state index in [2.05, 4.69) is 17.6 Å². The van der Waals surface area contributed by atoms with Crippen LogP contribution in [-0.2, 0) is 4.74 Å². The van der Waals surface area contributed by atoms with E-state index in [4.69, 9.17) is 40.2 Å². The maximum atomic E-state index is 6.09. The highest BCUT2D eigenvalue weighted by Gasteiger charge is 2.22. The minimum Gasteiger partial charge on any atom is -0.376 e. The van der Waals surface area contributed by atoms with Crippen LogP contribution in [0.5, 0.6) is 0 Å². The van der Waals surface area contributed by atoms with Crippen LogP contribution in [0.3, 0.4) is 0 Å². The number of ether oxygens (including phenoxy) is 1. The Morgan fingerprint density at radius 3 is 2.95 bits per heavy atom. The molecule has 6 heteroatoms. The Bertz CT molecular complexity index is 464. The van der Waals surface area contributed by atoms with Crippen LogP contribution in [0.4, 0.5) is 5.69 Å². The van der Waals surface area contributed by atoms with Gasteiger partial charge < -0.3 is 15.4 Å². The van der Waals surface area contributed by atoms with Crippen LogP contribution < -0.4 is 10.6 Å². The first kappa shape index (κ1) is 14.9. The van der Waals surface area contributed by atoms with Crippen LogP contribution in [0.15, 0.2) is 18.2 Å². The Balaban J connectivity index is 1.91. The predicted molar refractivity (Wildman–Crippen MR) is 84.3 cm³/mol. The van der Waals surface area contributed by atoms with Crippen LogP contribution in [0.2, 0.25) is 10.0 Å². The molecule has 0 radical (unpaired) electrons. The summed E-state index contributed by atoms with van der Waals surface area (Å²) in [5.74, 6) is 0. The van der Waals surface area contributed by atoms with E-state index in [1.165, 1.54) is 0 Å². The molecule has 2 N–H and O–H groups in total. The van der Waals surface area contributed by atoms with Crippen molar-refractivity contribution in [1.29, 1.82) is 0 Å². The monoisotopic (exact) mass is 318 g/mol. The second-order valence-corrected chi connectivity index (χ2v) is 5.73. The van der Waals surface area contributed by atoms with E-state index in [-0.39, 0.29) is 12.1 Å². The molecule has 0 saturated carbocycles. The number of nitrogens with one attached hydrogen (secondary N) is 2. The van der Waals surface area contributed by atoms with E-state index >= 15 is 0 Å². The molecule has 0 spiro atoms. The highest BCUT2D eigenvalue weighted by atomic mass is 35.5. The van der Waals surface area contributed by atoms with Crippen molar-refractivity contribution in [2.45, 2.75) is 31.9 Å². The molecule has 2 atom stereocenters. The van der Waals surface area contributed by atoms with E-state index in [1.807, 2.05) is 12.1 Å². The minimum atomic E-state index is 0.167. The van der Waals surface area contributed by atoms with Crippen molar-refractivity contribution in [2.75, 3.05) is 11.9 Å². The smallest absolute Gasteiger partial charge is 0.171 e. The molecule has 3 nitrogen and oxygen atoms in total. The topological polar surface area (TPSA) is 33.3 Å². The maximum absolute atomic E-state index is 6.09. The lowest BCUT2D eigenvalue weighted by molar-refractivity contribution is 0.0895. The third-order valence-corrected chi connectivity index (χ3v) is 4.12. The number of rotatable bonds is 3. The number of anilines is 1. The SMILES string of the molecule is CC(NC(=S)Nc1cccc(Cl)c1Cl)C1CCCO1. The molecule has 0 aromatic heterocycles. The van der Waals surface area contributed by atoms with Crippen LogP contribution in [0, 0.1) is 0 Å². The summed E-state index contributed by atoms with van der Waals surface area (Å²) in [6, 6.07) is 5.56. The molecule has 0 aliphatic carbocycles. The average molecular weight is 319 g/mol. The molecule has 19 heavy (non-hydrogen) atoms. The summed E-state index contributed by atoms with van der Waals surface area (Å²) in [5, 5.41) is 7.76. The summed E-state index contributed by atoms with van der Waals surface area (Å²) in [6.07, 6.45) is 2.39. The van der Waals surface area contributed by atoms with Crippen LogP contribution in [0.25, 0.3) is 0 Å². The summed E-state index contributed by atoms with van der Waals surface area (Å²) in [4.78, 5) is 0. The van der Waals surface area contributed by atoms with Gasteiger partial charge >= 0.3 is 0 Å². The van der Waals surface area contributed by atoms with Gasteiger partial charge in [0, 0.05) is 6.61 Å². The zero-order chi connectivity index (χ0) is 13.8. The molecule has 0 amide bonds. The van der Waals surface area contributed by atoms with Gasteiger partial charge in [-0.2, -0.15) is 0 Å². The van der Waals surface area contributed by atoms with Crippen LogP contribution >= 0.6 is 35.4 Å². The summed E-state index contributed by atoms with van der Waals surface area (Å²) < 4.78 is 5.61. The lowest BCUT2D eigenvalue weighted by atomic mass is 10.1.